The molecule has 112 valence electrons. The van der Waals surface area contributed by atoms with Gasteiger partial charge in [0.05, 0.1) is 0 Å². The van der Waals surface area contributed by atoms with Crippen LogP contribution in [-0.4, -0.2) is 0 Å². The molecular formula is C22H24. The molecule has 0 spiro atoms. The molecule has 1 saturated carbocycles. The third-order valence-corrected chi connectivity index (χ3v) is 4.75. The largest absolute Gasteiger partial charge is 0.0622 e. The van der Waals surface area contributed by atoms with Gasteiger partial charge in [0.25, 0.3) is 0 Å². The Morgan fingerprint density at radius 1 is 0.636 bits per heavy atom. The number of allylic oxidation sites excluding steroid dienone is 2. The summed E-state index contributed by atoms with van der Waals surface area (Å²) in [6.07, 6.45) is 7.10. The fraction of sp³-hybridized carbons (Fsp3) is 0.273. The fourth-order valence-corrected chi connectivity index (χ4v) is 3.16. The van der Waals surface area contributed by atoms with Gasteiger partial charge in [-0.25, -0.2) is 0 Å². The quantitative estimate of drug-likeness (QED) is 0.615. The molecule has 0 saturated heterocycles. The maximum absolute atomic E-state index is 2.38. The Morgan fingerprint density at radius 3 is 1.36 bits per heavy atom. The van der Waals surface area contributed by atoms with Crippen LogP contribution in [-0.2, 0) is 0 Å². The van der Waals surface area contributed by atoms with E-state index in [0.717, 1.165) is 11.8 Å². The van der Waals surface area contributed by atoms with Gasteiger partial charge in [0.15, 0.2) is 0 Å². The number of benzene rings is 2. The molecule has 1 fully saturated rings. The van der Waals surface area contributed by atoms with Gasteiger partial charge < -0.3 is 0 Å². The Kier molecular flexibility index (Phi) is 4.58. The second-order valence-electron chi connectivity index (χ2n) is 6.52. The van der Waals surface area contributed by atoms with E-state index in [-0.39, 0.29) is 0 Å². The van der Waals surface area contributed by atoms with E-state index in [0.29, 0.717) is 0 Å². The van der Waals surface area contributed by atoms with E-state index in [2.05, 4.69) is 86.7 Å². The van der Waals surface area contributed by atoms with Crippen LogP contribution in [0, 0.1) is 11.8 Å². The first-order valence-electron chi connectivity index (χ1n) is 8.24. The Hall–Kier alpha value is -2.08. The Balaban J connectivity index is 1.97. The third kappa shape index (κ3) is 3.57. The van der Waals surface area contributed by atoms with E-state index in [1.54, 1.807) is 0 Å². The van der Waals surface area contributed by atoms with Crippen molar-refractivity contribution in [1.82, 2.24) is 0 Å². The predicted molar refractivity (Wildman–Crippen MR) is 96.4 cm³/mol. The first-order chi connectivity index (χ1) is 10.7. The van der Waals surface area contributed by atoms with E-state index >= 15 is 0 Å². The molecular weight excluding hydrogens is 264 g/mol. The van der Waals surface area contributed by atoms with Gasteiger partial charge in [-0.15, -0.1) is 0 Å². The lowest BCUT2D eigenvalue weighted by Gasteiger charge is -2.30. The highest BCUT2D eigenvalue weighted by Gasteiger charge is 2.23. The smallest absolute Gasteiger partial charge is 0.0247 e. The summed E-state index contributed by atoms with van der Waals surface area (Å²) in [5, 5.41) is 0. The zero-order chi connectivity index (χ0) is 15.4. The maximum Gasteiger partial charge on any atom is -0.0247 e. The van der Waals surface area contributed by atoms with Gasteiger partial charge in [-0.2, -0.15) is 0 Å². The molecule has 0 heteroatoms. The fourth-order valence-electron chi connectivity index (χ4n) is 3.16. The molecule has 0 aliphatic heterocycles. The second-order valence-corrected chi connectivity index (χ2v) is 6.52. The highest BCUT2D eigenvalue weighted by Crippen LogP contribution is 2.38. The minimum atomic E-state index is 0.753. The van der Waals surface area contributed by atoms with Crippen molar-refractivity contribution in [2.24, 2.45) is 11.8 Å². The van der Waals surface area contributed by atoms with Gasteiger partial charge >= 0.3 is 0 Å². The van der Waals surface area contributed by atoms with Crippen LogP contribution in [0.1, 0.15) is 37.8 Å². The Bertz CT molecular complexity index is 600. The minimum Gasteiger partial charge on any atom is -0.0622 e. The zero-order valence-corrected chi connectivity index (χ0v) is 13.5. The van der Waals surface area contributed by atoms with E-state index in [1.165, 1.54) is 35.1 Å². The van der Waals surface area contributed by atoms with E-state index in [4.69, 9.17) is 0 Å². The maximum atomic E-state index is 2.38. The molecule has 2 aromatic rings. The van der Waals surface area contributed by atoms with Gasteiger partial charge in [-0.1, -0.05) is 86.7 Å². The van der Waals surface area contributed by atoms with Crippen molar-refractivity contribution in [3.63, 3.8) is 0 Å². The van der Waals surface area contributed by atoms with E-state index in [1.807, 2.05) is 0 Å². The van der Waals surface area contributed by atoms with Crippen LogP contribution >= 0.6 is 0 Å². The van der Waals surface area contributed by atoms with Gasteiger partial charge in [0.2, 0.25) is 0 Å². The highest BCUT2D eigenvalue weighted by molar-refractivity contribution is 5.66. The monoisotopic (exact) mass is 288 g/mol. The molecule has 2 unspecified atom stereocenters. The average molecular weight is 288 g/mol. The average Bonchev–Trinajstić information content (AvgIpc) is 2.54. The van der Waals surface area contributed by atoms with Crippen molar-refractivity contribution in [3.05, 3.63) is 82.9 Å². The molecule has 1 aliphatic rings. The normalized spacial score (nSPS) is 25.5. The van der Waals surface area contributed by atoms with Gasteiger partial charge in [-0.3, -0.25) is 0 Å². The molecule has 0 nitrogen and oxygen atoms in total. The molecule has 0 heterocycles. The standard InChI is InChI=1S/C22H24/c1-17-13-21(15-19-9-5-3-6-10-19)22(14-18(17)2)16-20-11-7-4-8-12-20/h3-12,15-18H,13-14H2,1-2H3. The van der Waals surface area contributed by atoms with Gasteiger partial charge in [0, 0.05) is 0 Å². The van der Waals surface area contributed by atoms with E-state index < -0.39 is 0 Å². The van der Waals surface area contributed by atoms with E-state index in [9.17, 15) is 0 Å². The Labute approximate surface area is 134 Å². The summed E-state index contributed by atoms with van der Waals surface area (Å²) in [6, 6.07) is 21.4. The predicted octanol–water partition coefficient (Wildman–Crippen LogP) is 6.22. The zero-order valence-electron chi connectivity index (χ0n) is 13.5. The first-order valence-corrected chi connectivity index (χ1v) is 8.24. The number of hydrogen-bond donors (Lipinski definition) is 0. The summed E-state index contributed by atoms with van der Waals surface area (Å²) in [6.45, 7) is 4.76. The molecule has 0 radical (unpaired) electrons. The molecule has 22 heavy (non-hydrogen) atoms. The van der Waals surface area contributed by atoms with Crippen molar-refractivity contribution in [3.8, 4) is 0 Å². The van der Waals surface area contributed by atoms with Crippen molar-refractivity contribution in [2.75, 3.05) is 0 Å². The van der Waals surface area contributed by atoms with Gasteiger partial charge in [0.1, 0.15) is 0 Å². The molecule has 0 N–H and O–H groups in total. The number of hydrogen-bond acceptors (Lipinski definition) is 0. The van der Waals surface area contributed by atoms with Crippen molar-refractivity contribution in [2.45, 2.75) is 26.7 Å². The summed E-state index contributed by atoms with van der Waals surface area (Å²) >= 11 is 0. The van der Waals surface area contributed by atoms with Crippen LogP contribution in [0.15, 0.2) is 71.8 Å². The topological polar surface area (TPSA) is 0 Å². The molecule has 0 aromatic heterocycles. The summed E-state index contributed by atoms with van der Waals surface area (Å²) in [5.41, 5.74) is 5.61. The molecule has 3 rings (SSSR count). The van der Waals surface area contributed by atoms with Crippen LogP contribution < -0.4 is 0 Å². The summed E-state index contributed by atoms with van der Waals surface area (Å²) in [7, 11) is 0. The van der Waals surface area contributed by atoms with Crippen LogP contribution in [0.3, 0.4) is 0 Å². The first kappa shape index (κ1) is 14.8. The molecule has 0 amide bonds. The lowest BCUT2D eigenvalue weighted by atomic mass is 9.75. The second kappa shape index (κ2) is 6.79. The van der Waals surface area contributed by atoms with Crippen LogP contribution in [0.5, 0.6) is 0 Å². The SMILES string of the molecule is CC1CC(=Cc2ccccc2)C(=Cc2ccccc2)CC1C. The molecule has 2 aromatic carbocycles. The van der Waals surface area contributed by atoms with Crippen LogP contribution in [0.4, 0.5) is 0 Å². The van der Waals surface area contributed by atoms with Gasteiger partial charge in [-0.05, 0) is 47.0 Å². The number of rotatable bonds is 2. The van der Waals surface area contributed by atoms with Crippen molar-refractivity contribution >= 4 is 12.2 Å². The summed E-state index contributed by atoms with van der Waals surface area (Å²) in [5.74, 6) is 1.51. The lowest BCUT2D eigenvalue weighted by molar-refractivity contribution is 0.361. The van der Waals surface area contributed by atoms with Crippen molar-refractivity contribution in [1.29, 1.82) is 0 Å². The molecule has 2 atom stereocenters. The molecule has 1 aliphatic carbocycles. The molecule has 0 bridgehead atoms. The van der Waals surface area contributed by atoms with Crippen molar-refractivity contribution < 1.29 is 0 Å². The summed E-state index contributed by atoms with van der Waals surface area (Å²) < 4.78 is 0. The third-order valence-electron chi connectivity index (χ3n) is 4.75. The van der Waals surface area contributed by atoms with Crippen LogP contribution in [0.25, 0.3) is 12.2 Å². The Morgan fingerprint density at radius 2 is 1.00 bits per heavy atom. The van der Waals surface area contributed by atoms with Crippen LogP contribution in [0.2, 0.25) is 0 Å². The lowest BCUT2D eigenvalue weighted by Crippen LogP contribution is -2.17. The minimum absolute atomic E-state index is 0.753. The summed E-state index contributed by atoms with van der Waals surface area (Å²) in [4.78, 5) is 0. The highest BCUT2D eigenvalue weighted by atomic mass is 14.3.